The van der Waals surface area contributed by atoms with Crippen LogP contribution in [0.25, 0.3) is 0 Å². The van der Waals surface area contributed by atoms with Crippen molar-refractivity contribution in [2.24, 2.45) is 17.8 Å². The van der Waals surface area contributed by atoms with Gasteiger partial charge in [-0.3, -0.25) is 28.8 Å². The van der Waals surface area contributed by atoms with Gasteiger partial charge in [0.05, 0.1) is 12.1 Å². The second kappa shape index (κ2) is 10.4. The minimum atomic E-state index is -4.99. The van der Waals surface area contributed by atoms with E-state index in [-0.39, 0.29) is 36.1 Å². The molecule has 35 heavy (non-hydrogen) atoms. The minimum absolute atomic E-state index is 0.0531. The van der Waals surface area contributed by atoms with E-state index in [0.29, 0.717) is 25.9 Å². The topological polar surface area (TPSA) is 108 Å². The van der Waals surface area contributed by atoms with Gasteiger partial charge in [0, 0.05) is 19.0 Å². The maximum Gasteiger partial charge on any atom is 0.522 e. The molecule has 0 spiro atoms. The number of carbonyl (C=O) groups excluding carboxylic acids is 4. The third-order valence-corrected chi connectivity index (χ3v) is 8.01. The van der Waals surface area contributed by atoms with Crippen LogP contribution in [0, 0.1) is 17.8 Å². The fourth-order valence-electron chi connectivity index (χ4n) is 6.22. The quantitative estimate of drug-likeness (QED) is 0.509. The number of fused-ring (bicyclic) bond motifs is 1. The summed E-state index contributed by atoms with van der Waals surface area (Å²) in [4.78, 5) is 55.3. The maximum atomic E-state index is 13.5. The van der Waals surface area contributed by atoms with Gasteiger partial charge in [-0.25, -0.2) is 0 Å². The van der Waals surface area contributed by atoms with Gasteiger partial charge in [-0.15, -0.1) is 13.2 Å². The summed E-state index contributed by atoms with van der Waals surface area (Å²) in [5.74, 6) is -2.37. The Morgan fingerprint density at radius 3 is 2.57 bits per heavy atom. The van der Waals surface area contributed by atoms with Gasteiger partial charge in [-0.1, -0.05) is 6.42 Å². The predicted molar refractivity (Wildman–Crippen MR) is 117 cm³/mol. The number of halogens is 3. The summed E-state index contributed by atoms with van der Waals surface area (Å²) in [6, 6.07) is -2.39. The molecule has 6 atom stereocenters. The molecule has 3 saturated heterocycles. The number of Topliss-reactive ketones (excluding diaryl/α,β-unsaturated/α-hetero) is 1. The third-order valence-electron chi connectivity index (χ3n) is 8.01. The average molecular weight is 503 g/mol. The molecule has 3 aliphatic heterocycles. The van der Waals surface area contributed by atoms with Gasteiger partial charge in [0.25, 0.3) is 0 Å². The molecule has 1 aliphatic carbocycles. The van der Waals surface area contributed by atoms with Crippen LogP contribution in [0.1, 0.15) is 44.9 Å². The van der Waals surface area contributed by atoms with Gasteiger partial charge in [0.1, 0.15) is 12.6 Å². The van der Waals surface area contributed by atoms with Crippen molar-refractivity contribution in [3.05, 3.63) is 0 Å². The van der Waals surface area contributed by atoms with Crippen molar-refractivity contribution in [2.45, 2.75) is 69.4 Å². The van der Waals surface area contributed by atoms with Crippen LogP contribution in [0.4, 0.5) is 13.2 Å². The highest BCUT2D eigenvalue weighted by Gasteiger charge is 2.51. The Kier molecular flexibility index (Phi) is 7.70. The molecule has 0 unspecified atom stereocenters. The third kappa shape index (κ3) is 5.79. The van der Waals surface area contributed by atoms with Gasteiger partial charge in [0.2, 0.25) is 17.7 Å². The summed E-state index contributed by atoms with van der Waals surface area (Å²) < 4.78 is 41.3. The van der Waals surface area contributed by atoms with Crippen LogP contribution in [0.5, 0.6) is 0 Å². The number of likely N-dealkylation sites (tertiary alicyclic amines) is 2. The molecular formula is C23H33F3N4O5. The maximum absolute atomic E-state index is 13.5. The number of ether oxygens (including phenoxy) is 1. The van der Waals surface area contributed by atoms with Crippen LogP contribution in [-0.4, -0.2) is 91.1 Å². The zero-order valence-electron chi connectivity index (χ0n) is 19.8. The molecule has 3 heterocycles. The molecule has 0 aromatic carbocycles. The zero-order valence-corrected chi connectivity index (χ0v) is 19.8. The van der Waals surface area contributed by atoms with E-state index >= 15 is 0 Å². The lowest BCUT2D eigenvalue weighted by Crippen LogP contribution is -2.56. The number of carbonyl (C=O) groups is 4. The molecule has 196 valence electrons. The monoisotopic (exact) mass is 502 g/mol. The van der Waals surface area contributed by atoms with Crippen LogP contribution < -0.4 is 10.6 Å². The lowest BCUT2D eigenvalue weighted by atomic mass is 9.92. The second-order valence-electron chi connectivity index (χ2n) is 10.2. The Morgan fingerprint density at radius 1 is 1.17 bits per heavy atom. The lowest BCUT2D eigenvalue weighted by Gasteiger charge is -2.32. The molecule has 0 radical (unpaired) electrons. The molecule has 4 aliphatic rings. The fourth-order valence-corrected chi connectivity index (χ4v) is 6.22. The van der Waals surface area contributed by atoms with E-state index in [0.717, 1.165) is 32.2 Å². The predicted octanol–water partition coefficient (Wildman–Crippen LogP) is 0.824. The first-order valence-corrected chi connectivity index (χ1v) is 12.4. The van der Waals surface area contributed by atoms with Gasteiger partial charge in [0.15, 0.2) is 5.78 Å². The normalized spacial score (nSPS) is 31.9. The zero-order chi connectivity index (χ0) is 25.3. The molecule has 4 rings (SSSR count). The van der Waals surface area contributed by atoms with Crippen LogP contribution >= 0.6 is 0 Å². The first kappa shape index (κ1) is 25.9. The van der Waals surface area contributed by atoms with E-state index in [4.69, 9.17) is 0 Å². The van der Waals surface area contributed by atoms with E-state index in [1.807, 2.05) is 11.9 Å². The summed E-state index contributed by atoms with van der Waals surface area (Å²) in [5, 5.41) is 5.25. The molecular weight excluding hydrogens is 469 g/mol. The van der Waals surface area contributed by atoms with Crippen molar-refractivity contribution < 1.29 is 37.1 Å². The highest BCUT2D eigenvalue weighted by atomic mass is 19.4. The fraction of sp³-hybridized carbons (Fsp3) is 0.826. The number of ketones is 1. The summed E-state index contributed by atoms with van der Waals surface area (Å²) in [7, 11) is 1.88. The smallest absolute Gasteiger partial charge is 0.356 e. The summed E-state index contributed by atoms with van der Waals surface area (Å²) >= 11 is 0. The van der Waals surface area contributed by atoms with Gasteiger partial charge in [-0.2, -0.15) is 0 Å². The van der Waals surface area contributed by atoms with E-state index < -0.39 is 42.7 Å². The lowest BCUT2D eigenvalue weighted by molar-refractivity contribution is -0.321. The Bertz CT molecular complexity index is 854. The summed E-state index contributed by atoms with van der Waals surface area (Å²) in [6.45, 7) is 0.413. The molecule has 0 aromatic heterocycles. The molecule has 0 bridgehead atoms. The number of alkyl halides is 3. The van der Waals surface area contributed by atoms with Crippen molar-refractivity contribution in [1.82, 2.24) is 20.4 Å². The molecule has 1 saturated carbocycles. The number of hydrogen-bond donors (Lipinski definition) is 2. The van der Waals surface area contributed by atoms with Crippen molar-refractivity contribution >= 4 is 23.5 Å². The van der Waals surface area contributed by atoms with Crippen LogP contribution in [0.2, 0.25) is 0 Å². The van der Waals surface area contributed by atoms with Crippen LogP contribution in [0.3, 0.4) is 0 Å². The largest absolute Gasteiger partial charge is 0.522 e. The number of nitrogens with zero attached hydrogens (tertiary/aromatic N) is 2. The number of nitrogens with one attached hydrogen (secondary N) is 2. The van der Waals surface area contributed by atoms with Gasteiger partial charge >= 0.3 is 6.36 Å². The standard InChI is InChI=1S/C23H33F3N4O5/c1-29-9-3-6-17(29)22(34)30-11-14-4-2-5-15(14)19(30)21(33)28-16(10-13-7-8-27-20(13)32)18(31)12-35-23(24,25)26/h13-17,19H,2-12H2,1H3,(H,27,32)(H,28,33)/t13-,14-,15-,16-,17-,19-/m0/s1. The van der Waals surface area contributed by atoms with E-state index in [2.05, 4.69) is 15.4 Å². The summed E-state index contributed by atoms with van der Waals surface area (Å²) in [6.07, 6.45) is -0.464. The van der Waals surface area contributed by atoms with Gasteiger partial charge < -0.3 is 15.5 Å². The molecule has 12 heteroatoms. The Labute approximate surface area is 202 Å². The van der Waals surface area contributed by atoms with E-state index in [1.54, 1.807) is 4.90 Å². The molecule has 4 fully saturated rings. The SMILES string of the molecule is CN1CCC[C@H]1C(=O)N1C[C@@H]2CCC[C@@H]2[C@H]1C(=O)N[C@@H](C[C@@H]1CCNC1=O)C(=O)COC(F)(F)F. The number of likely N-dealkylation sites (N-methyl/N-ethyl adjacent to an activating group) is 1. The number of amides is 3. The second-order valence-corrected chi connectivity index (χ2v) is 10.2. The number of rotatable bonds is 8. The Balaban J connectivity index is 1.51. The first-order chi connectivity index (χ1) is 16.5. The van der Waals surface area contributed by atoms with Crippen LogP contribution in [-0.2, 0) is 23.9 Å². The van der Waals surface area contributed by atoms with Crippen molar-refractivity contribution in [2.75, 3.05) is 33.3 Å². The summed E-state index contributed by atoms with van der Waals surface area (Å²) in [5.41, 5.74) is 0. The highest BCUT2D eigenvalue weighted by molar-refractivity contribution is 5.95. The molecule has 0 aromatic rings. The molecule has 2 N–H and O–H groups in total. The first-order valence-electron chi connectivity index (χ1n) is 12.4. The number of hydrogen-bond acceptors (Lipinski definition) is 6. The minimum Gasteiger partial charge on any atom is -0.356 e. The van der Waals surface area contributed by atoms with E-state index in [9.17, 15) is 32.3 Å². The van der Waals surface area contributed by atoms with Crippen molar-refractivity contribution in [3.63, 3.8) is 0 Å². The van der Waals surface area contributed by atoms with Crippen molar-refractivity contribution in [3.8, 4) is 0 Å². The van der Waals surface area contributed by atoms with Crippen LogP contribution in [0.15, 0.2) is 0 Å². The molecule has 3 amide bonds. The van der Waals surface area contributed by atoms with E-state index in [1.165, 1.54) is 0 Å². The highest BCUT2D eigenvalue weighted by Crippen LogP contribution is 2.43. The van der Waals surface area contributed by atoms with Crippen molar-refractivity contribution in [1.29, 1.82) is 0 Å². The molecule has 9 nitrogen and oxygen atoms in total. The average Bonchev–Trinajstić information content (AvgIpc) is 3.56. The Morgan fingerprint density at radius 2 is 1.94 bits per heavy atom. The Hall–Kier alpha value is -2.21. The van der Waals surface area contributed by atoms with Gasteiger partial charge in [-0.05, 0) is 64.0 Å².